The van der Waals surface area contributed by atoms with Crippen LogP contribution in [0.3, 0.4) is 0 Å². The lowest BCUT2D eigenvalue weighted by molar-refractivity contribution is 0.723. The van der Waals surface area contributed by atoms with E-state index >= 15 is 0 Å². The van der Waals surface area contributed by atoms with Gasteiger partial charge in [-0.1, -0.05) is 163 Å². The summed E-state index contributed by atoms with van der Waals surface area (Å²) in [5.74, 6) is 1.39. The van der Waals surface area contributed by atoms with Gasteiger partial charge in [-0.2, -0.15) is 5.26 Å². The quantitative estimate of drug-likeness (QED) is 0.166. The van der Waals surface area contributed by atoms with Crippen molar-refractivity contribution in [2.75, 3.05) is 0 Å². The Morgan fingerprint density at radius 1 is 0.541 bits per heavy atom. The maximum Gasteiger partial charge on any atom is 0.212 e. The van der Waals surface area contributed by atoms with Crippen molar-refractivity contribution in [3.05, 3.63) is 221 Å². The van der Waals surface area contributed by atoms with Crippen LogP contribution in [0.25, 0.3) is 77.6 Å². The molecule has 0 unspecified atom stereocenters. The van der Waals surface area contributed by atoms with Crippen molar-refractivity contribution in [3.8, 4) is 57.0 Å². The van der Waals surface area contributed by atoms with Gasteiger partial charge < -0.3 is 4.57 Å². The first-order chi connectivity index (χ1) is 30.2. The minimum atomic E-state index is -0.587. The number of rotatable bonds is 4. The molecule has 282 valence electrons. The number of hydrogen-bond acceptors (Lipinski definition) is 5. The van der Waals surface area contributed by atoms with Gasteiger partial charge in [0.05, 0.1) is 40.3 Å². The van der Waals surface area contributed by atoms with E-state index in [0.717, 1.165) is 44.1 Å². The monoisotopic (exact) mass is 794 g/mol. The maximum atomic E-state index is 11.2. The van der Waals surface area contributed by atoms with Gasteiger partial charge in [0.15, 0.2) is 17.5 Å². The minimum Gasteiger partial charge on any atom is -0.317 e. The summed E-state index contributed by atoms with van der Waals surface area (Å²) >= 11 is 1.82. The fourth-order valence-corrected chi connectivity index (χ4v) is 10.9. The average Bonchev–Trinajstić information content (AvgIpc) is 3.82. The Labute approximate surface area is 355 Å². The van der Waals surface area contributed by atoms with Crippen LogP contribution in [0.1, 0.15) is 27.8 Å². The van der Waals surface area contributed by atoms with E-state index < -0.39 is 5.41 Å². The molecular formula is C54H30N6S. The SMILES string of the molecule is [C-]#[N+]c1cc(-c2nc(-c3ccccc3)nc(-c3ccccc3)n2)cc(C#N)c1-n1c2ccccc2c2ccc3c(c21)-c1ccccc1C31c2ccccc2Sc2ccccc21. The van der Waals surface area contributed by atoms with Crippen molar-refractivity contribution in [1.82, 2.24) is 19.5 Å². The second-order valence-electron chi connectivity index (χ2n) is 15.3. The summed E-state index contributed by atoms with van der Waals surface area (Å²) in [6, 6.07) is 65.0. The molecule has 0 N–H and O–H groups in total. The number of nitrogens with zero attached hydrogens (tertiary/aromatic N) is 6. The summed E-state index contributed by atoms with van der Waals surface area (Å²) in [6.45, 7) is 8.72. The van der Waals surface area contributed by atoms with Crippen molar-refractivity contribution in [2.24, 2.45) is 0 Å². The highest BCUT2D eigenvalue weighted by Crippen LogP contribution is 2.63. The van der Waals surface area contributed by atoms with Crippen LogP contribution in [0.2, 0.25) is 0 Å². The molecule has 10 aromatic rings. The third kappa shape index (κ3) is 4.99. The van der Waals surface area contributed by atoms with Gasteiger partial charge in [-0.15, -0.1) is 0 Å². The van der Waals surface area contributed by atoms with Gasteiger partial charge in [-0.05, 0) is 58.1 Å². The highest BCUT2D eigenvalue weighted by molar-refractivity contribution is 7.99. The average molecular weight is 795 g/mol. The second kappa shape index (κ2) is 13.5. The first kappa shape index (κ1) is 34.9. The Kier molecular flexibility index (Phi) is 7.71. The Morgan fingerprint density at radius 2 is 1.10 bits per heavy atom. The predicted molar refractivity (Wildman–Crippen MR) is 243 cm³/mol. The van der Waals surface area contributed by atoms with Crippen LogP contribution in [0.5, 0.6) is 0 Å². The Morgan fingerprint density at radius 3 is 1.74 bits per heavy atom. The third-order valence-electron chi connectivity index (χ3n) is 12.2. The number of nitriles is 1. The first-order valence-electron chi connectivity index (χ1n) is 20.0. The van der Waals surface area contributed by atoms with E-state index in [0.29, 0.717) is 40.0 Å². The molecule has 0 amide bonds. The predicted octanol–water partition coefficient (Wildman–Crippen LogP) is 13.2. The molecule has 0 saturated heterocycles. The highest BCUT2D eigenvalue weighted by Gasteiger charge is 2.51. The van der Waals surface area contributed by atoms with E-state index in [9.17, 15) is 5.26 Å². The molecule has 1 aliphatic heterocycles. The third-order valence-corrected chi connectivity index (χ3v) is 13.3. The largest absolute Gasteiger partial charge is 0.317 e. The van der Waals surface area contributed by atoms with E-state index in [2.05, 4.69) is 119 Å². The molecule has 0 atom stereocenters. The standard InChI is InChI=1S/C54H30N6S/c1-56-44-31-35(53-58-51(33-16-4-2-5-17-33)57-52(59-53)34-18-6-3-7-19-34)30-36(32-55)49(44)60-45-25-13-9-20-37(45)38-28-29-43-48(50(38)60)39-21-8-10-22-40(39)54(43)41-23-11-14-26-46(41)61-47-27-15-12-24-42(47)54/h2-31H. The van der Waals surface area contributed by atoms with Gasteiger partial charge in [-0.3, -0.25) is 0 Å². The van der Waals surface area contributed by atoms with Crippen LogP contribution in [0, 0.1) is 17.9 Å². The lowest BCUT2D eigenvalue weighted by atomic mass is 9.67. The molecule has 2 aromatic heterocycles. The van der Waals surface area contributed by atoms with Crippen molar-refractivity contribution in [1.29, 1.82) is 5.26 Å². The second-order valence-corrected chi connectivity index (χ2v) is 16.4. The van der Waals surface area contributed by atoms with Gasteiger partial charge in [0.25, 0.3) is 0 Å². The van der Waals surface area contributed by atoms with Crippen LogP contribution in [-0.4, -0.2) is 19.5 Å². The highest BCUT2D eigenvalue weighted by atomic mass is 32.2. The lowest BCUT2D eigenvalue weighted by Gasteiger charge is -2.39. The van der Waals surface area contributed by atoms with Crippen LogP contribution >= 0.6 is 11.8 Å². The summed E-state index contributed by atoms with van der Waals surface area (Å²) in [5.41, 5.74) is 11.8. The van der Waals surface area contributed by atoms with E-state index in [-0.39, 0.29) is 0 Å². The fourth-order valence-electron chi connectivity index (χ4n) is 9.71. The Bertz CT molecular complexity index is 3400. The van der Waals surface area contributed by atoms with E-state index in [4.69, 9.17) is 21.5 Å². The molecule has 8 aromatic carbocycles. The van der Waals surface area contributed by atoms with Crippen molar-refractivity contribution < 1.29 is 0 Å². The molecule has 12 rings (SSSR count). The van der Waals surface area contributed by atoms with Gasteiger partial charge in [0, 0.05) is 42.8 Å². The zero-order chi connectivity index (χ0) is 40.7. The van der Waals surface area contributed by atoms with E-state index in [1.54, 1.807) is 0 Å². The van der Waals surface area contributed by atoms with E-state index in [1.165, 1.54) is 32.0 Å². The molecule has 3 heterocycles. The summed E-state index contributed by atoms with van der Waals surface area (Å²) in [6.07, 6.45) is 0. The summed E-state index contributed by atoms with van der Waals surface area (Å²) in [5, 5.41) is 13.3. The zero-order valence-corrected chi connectivity index (χ0v) is 33.2. The van der Waals surface area contributed by atoms with Crippen LogP contribution in [-0.2, 0) is 5.41 Å². The minimum absolute atomic E-state index is 0.322. The van der Waals surface area contributed by atoms with Crippen LogP contribution in [0.4, 0.5) is 5.69 Å². The molecule has 61 heavy (non-hydrogen) atoms. The molecule has 0 fully saturated rings. The van der Waals surface area contributed by atoms with Crippen LogP contribution in [0.15, 0.2) is 192 Å². The molecule has 6 nitrogen and oxygen atoms in total. The molecular weight excluding hydrogens is 765 g/mol. The summed E-state index contributed by atoms with van der Waals surface area (Å²) in [7, 11) is 0. The number of benzene rings is 8. The van der Waals surface area contributed by atoms with Crippen molar-refractivity contribution >= 4 is 39.3 Å². The van der Waals surface area contributed by atoms with Crippen LogP contribution < -0.4 is 0 Å². The lowest BCUT2D eigenvalue weighted by Crippen LogP contribution is -2.31. The smallest absolute Gasteiger partial charge is 0.212 e. The van der Waals surface area contributed by atoms with Crippen molar-refractivity contribution in [2.45, 2.75) is 15.2 Å². The summed E-state index contributed by atoms with van der Waals surface area (Å²) < 4.78 is 2.17. The maximum absolute atomic E-state index is 11.2. The summed E-state index contributed by atoms with van der Waals surface area (Å²) in [4.78, 5) is 21.4. The zero-order valence-electron chi connectivity index (χ0n) is 32.4. The topological polar surface area (TPSA) is 71.8 Å². The Balaban J connectivity index is 1.16. The van der Waals surface area contributed by atoms with Gasteiger partial charge in [-0.25, -0.2) is 19.8 Å². The molecule has 1 aliphatic carbocycles. The number of para-hydroxylation sites is 1. The molecule has 0 bridgehead atoms. The Hall–Kier alpha value is -8.10. The number of aromatic nitrogens is 4. The fraction of sp³-hybridized carbons (Fsp3) is 0.0185. The number of fused-ring (bicyclic) bond motifs is 13. The molecule has 7 heteroatoms. The molecule has 0 radical (unpaired) electrons. The van der Waals surface area contributed by atoms with Crippen molar-refractivity contribution in [3.63, 3.8) is 0 Å². The number of hydrogen-bond donors (Lipinski definition) is 0. The molecule has 1 spiro atoms. The normalized spacial score (nSPS) is 13.0. The molecule has 2 aliphatic rings. The first-order valence-corrected chi connectivity index (χ1v) is 20.9. The van der Waals surface area contributed by atoms with Gasteiger partial charge in [0.2, 0.25) is 5.69 Å². The molecule has 0 saturated carbocycles. The van der Waals surface area contributed by atoms with Gasteiger partial charge >= 0.3 is 0 Å². The van der Waals surface area contributed by atoms with E-state index in [1.807, 2.05) is 90.6 Å². The van der Waals surface area contributed by atoms with Gasteiger partial charge in [0.1, 0.15) is 0 Å².